The molecule has 0 radical (unpaired) electrons. The molecule has 1 aromatic rings. The molecule has 0 aliphatic carbocycles. The Morgan fingerprint density at radius 2 is 2.25 bits per heavy atom. The van der Waals surface area contributed by atoms with Gasteiger partial charge in [0.25, 0.3) is 0 Å². The van der Waals surface area contributed by atoms with Crippen LogP contribution in [0.3, 0.4) is 0 Å². The van der Waals surface area contributed by atoms with Crippen LogP contribution in [0.5, 0.6) is 0 Å². The van der Waals surface area contributed by atoms with Gasteiger partial charge in [-0.25, -0.2) is 9.78 Å². The highest BCUT2D eigenvalue weighted by Crippen LogP contribution is 2.15. The van der Waals surface area contributed by atoms with Crippen LogP contribution in [0.4, 0.5) is 10.6 Å². The molecule has 88 valence electrons. The van der Waals surface area contributed by atoms with E-state index in [0.717, 1.165) is 12.0 Å². The first-order chi connectivity index (χ1) is 7.43. The van der Waals surface area contributed by atoms with Gasteiger partial charge in [-0.15, -0.1) is 0 Å². The first kappa shape index (κ1) is 12.5. The third-order valence-corrected chi connectivity index (χ3v) is 2.37. The number of ether oxygens (including phenoxy) is 1. The topological polar surface area (TPSA) is 51.2 Å². The van der Waals surface area contributed by atoms with E-state index in [1.165, 1.54) is 0 Å². The fourth-order valence-electron chi connectivity index (χ4n) is 1.06. The second kappa shape index (κ2) is 4.96. The maximum atomic E-state index is 11.5. The van der Waals surface area contributed by atoms with Gasteiger partial charge in [-0.1, -0.05) is 6.92 Å². The molecule has 0 saturated heterocycles. The van der Waals surface area contributed by atoms with Crippen LogP contribution in [-0.2, 0) is 4.74 Å². The van der Waals surface area contributed by atoms with Crippen LogP contribution in [0.1, 0.15) is 32.8 Å². The molecule has 1 amide bonds. The van der Waals surface area contributed by atoms with Gasteiger partial charge in [0.2, 0.25) is 0 Å². The van der Waals surface area contributed by atoms with Crippen molar-refractivity contribution in [3.05, 3.63) is 23.9 Å². The minimum atomic E-state index is -0.468. The van der Waals surface area contributed by atoms with E-state index in [4.69, 9.17) is 4.74 Å². The molecule has 1 heterocycles. The summed E-state index contributed by atoms with van der Waals surface area (Å²) in [5.41, 5.74) is 0.591. The lowest BCUT2D eigenvalue weighted by atomic mass is 10.1. The van der Waals surface area contributed by atoms with Crippen molar-refractivity contribution in [3.63, 3.8) is 0 Å². The summed E-state index contributed by atoms with van der Waals surface area (Å²) in [6.45, 7) is 7.65. The Balaban J connectivity index is 2.59. The van der Waals surface area contributed by atoms with Crippen LogP contribution >= 0.6 is 0 Å². The van der Waals surface area contributed by atoms with E-state index in [9.17, 15) is 4.79 Å². The highest BCUT2D eigenvalue weighted by molar-refractivity contribution is 5.83. The van der Waals surface area contributed by atoms with E-state index in [1.807, 2.05) is 33.8 Å². The Hall–Kier alpha value is -1.58. The van der Waals surface area contributed by atoms with E-state index in [0.29, 0.717) is 5.82 Å². The molecule has 4 nitrogen and oxygen atoms in total. The second-order valence-electron chi connectivity index (χ2n) is 4.35. The van der Waals surface area contributed by atoms with Crippen molar-refractivity contribution in [2.45, 2.75) is 39.7 Å². The molecule has 0 spiro atoms. The Kier molecular flexibility index (Phi) is 3.88. The molecule has 0 aliphatic heterocycles. The van der Waals surface area contributed by atoms with Crippen molar-refractivity contribution in [2.75, 3.05) is 5.32 Å². The Labute approximate surface area is 96.0 Å². The van der Waals surface area contributed by atoms with Crippen LogP contribution in [-0.4, -0.2) is 16.7 Å². The number of carbonyl (C=O) groups excluding carboxylic acids is 1. The van der Waals surface area contributed by atoms with Crippen molar-refractivity contribution in [3.8, 4) is 0 Å². The molecule has 0 atom stereocenters. The number of aromatic nitrogens is 1. The highest BCUT2D eigenvalue weighted by Gasteiger charge is 2.20. The average molecular weight is 222 g/mol. The molecule has 1 N–H and O–H groups in total. The molecule has 0 fully saturated rings. The summed E-state index contributed by atoms with van der Waals surface area (Å²) in [6.07, 6.45) is 1.95. The summed E-state index contributed by atoms with van der Waals surface area (Å²) >= 11 is 0. The van der Waals surface area contributed by atoms with E-state index in [-0.39, 0.29) is 0 Å². The van der Waals surface area contributed by atoms with Gasteiger partial charge in [0.15, 0.2) is 0 Å². The molecule has 1 aromatic heterocycles. The summed E-state index contributed by atoms with van der Waals surface area (Å²) in [7, 11) is 0. The van der Waals surface area contributed by atoms with Crippen LogP contribution in [0.15, 0.2) is 18.3 Å². The molecule has 0 aromatic carbocycles. The first-order valence-corrected chi connectivity index (χ1v) is 5.35. The second-order valence-corrected chi connectivity index (χ2v) is 4.35. The zero-order valence-corrected chi connectivity index (χ0v) is 10.2. The van der Waals surface area contributed by atoms with Crippen molar-refractivity contribution in [1.29, 1.82) is 0 Å². The van der Waals surface area contributed by atoms with Gasteiger partial charge in [-0.05, 0) is 44.9 Å². The number of hydrogen-bond acceptors (Lipinski definition) is 3. The van der Waals surface area contributed by atoms with E-state index in [2.05, 4.69) is 10.3 Å². The first-order valence-electron chi connectivity index (χ1n) is 5.35. The lowest BCUT2D eigenvalue weighted by Gasteiger charge is -2.23. The van der Waals surface area contributed by atoms with Crippen molar-refractivity contribution < 1.29 is 9.53 Å². The molecule has 4 heteroatoms. The van der Waals surface area contributed by atoms with E-state index < -0.39 is 11.7 Å². The number of pyridine rings is 1. The number of rotatable bonds is 3. The minimum Gasteiger partial charge on any atom is -0.443 e. The SMILES string of the molecule is CCC(C)(C)OC(=O)Nc1cc(C)ccn1. The quantitative estimate of drug-likeness (QED) is 0.854. The number of nitrogens with zero attached hydrogens (tertiary/aromatic N) is 1. The average Bonchev–Trinajstić information content (AvgIpc) is 2.16. The zero-order valence-electron chi connectivity index (χ0n) is 10.2. The largest absolute Gasteiger partial charge is 0.443 e. The predicted molar refractivity (Wildman–Crippen MR) is 63.4 cm³/mol. The summed E-state index contributed by atoms with van der Waals surface area (Å²) in [4.78, 5) is 15.5. The summed E-state index contributed by atoms with van der Waals surface area (Å²) in [5.74, 6) is 0.511. The Morgan fingerprint density at radius 1 is 1.56 bits per heavy atom. The molecule has 0 saturated carbocycles. The monoisotopic (exact) mass is 222 g/mol. The standard InChI is InChI=1S/C12H18N2O2/c1-5-12(3,4)16-11(15)14-10-8-9(2)6-7-13-10/h6-8H,5H2,1-4H3,(H,13,14,15). The lowest BCUT2D eigenvalue weighted by Crippen LogP contribution is -2.30. The van der Waals surface area contributed by atoms with Gasteiger partial charge in [0, 0.05) is 6.20 Å². The number of carbonyl (C=O) groups is 1. The molecule has 1 rings (SSSR count). The summed E-state index contributed by atoms with van der Waals surface area (Å²) < 4.78 is 5.24. The van der Waals surface area contributed by atoms with Gasteiger partial charge in [-0.3, -0.25) is 5.32 Å². The van der Waals surface area contributed by atoms with Crippen LogP contribution in [0, 0.1) is 6.92 Å². The smallest absolute Gasteiger partial charge is 0.413 e. The normalized spacial score (nSPS) is 11.0. The number of hydrogen-bond donors (Lipinski definition) is 1. The molecule has 0 unspecified atom stereocenters. The van der Waals surface area contributed by atoms with Crippen LogP contribution < -0.4 is 5.32 Å². The third kappa shape index (κ3) is 3.88. The molecular weight excluding hydrogens is 204 g/mol. The highest BCUT2D eigenvalue weighted by atomic mass is 16.6. The number of aryl methyl sites for hydroxylation is 1. The van der Waals surface area contributed by atoms with Crippen LogP contribution in [0.25, 0.3) is 0 Å². The maximum Gasteiger partial charge on any atom is 0.413 e. The van der Waals surface area contributed by atoms with Gasteiger partial charge >= 0.3 is 6.09 Å². The number of amides is 1. The van der Waals surface area contributed by atoms with Gasteiger partial charge in [-0.2, -0.15) is 0 Å². The molecule has 0 bridgehead atoms. The van der Waals surface area contributed by atoms with Crippen molar-refractivity contribution >= 4 is 11.9 Å². The lowest BCUT2D eigenvalue weighted by molar-refractivity contribution is 0.0461. The van der Waals surface area contributed by atoms with Gasteiger partial charge < -0.3 is 4.74 Å². The fraction of sp³-hybridized carbons (Fsp3) is 0.500. The van der Waals surface area contributed by atoms with Crippen LogP contribution in [0.2, 0.25) is 0 Å². The van der Waals surface area contributed by atoms with Gasteiger partial charge in [0.1, 0.15) is 11.4 Å². The number of anilines is 1. The molecule has 0 aliphatic rings. The third-order valence-electron chi connectivity index (χ3n) is 2.37. The molecule has 16 heavy (non-hydrogen) atoms. The van der Waals surface area contributed by atoms with Crippen molar-refractivity contribution in [1.82, 2.24) is 4.98 Å². The van der Waals surface area contributed by atoms with E-state index >= 15 is 0 Å². The fourth-order valence-corrected chi connectivity index (χ4v) is 1.06. The molecular formula is C12H18N2O2. The summed E-state index contributed by atoms with van der Waals surface area (Å²) in [6, 6.07) is 3.66. The zero-order chi connectivity index (χ0) is 12.2. The van der Waals surface area contributed by atoms with Crippen molar-refractivity contribution in [2.24, 2.45) is 0 Å². The van der Waals surface area contributed by atoms with E-state index in [1.54, 1.807) is 12.3 Å². The minimum absolute atomic E-state index is 0.450. The predicted octanol–water partition coefficient (Wildman–Crippen LogP) is 3.13. The summed E-state index contributed by atoms with van der Waals surface area (Å²) in [5, 5.41) is 2.60. The number of nitrogens with one attached hydrogen (secondary N) is 1. The Bertz CT molecular complexity index is 375. The Morgan fingerprint density at radius 3 is 2.81 bits per heavy atom. The van der Waals surface area contributed by atoms with Gasteiger partial charge in [0.05, 0.1) is 0 Å². The maximum absolute atomic E-state index is 11.5.